The molecule has 0 aliphatic rings. The molecule has 0 radical (unpaired) electrons. The van der Waals surface area contributed by atoms with Gasteiger partial charge in [0.2, 0.25) is 0 Å². The molecule has 148 valence electrons. The highest BCUT2D eigenvalue weighted by Crippen LogP contribution is 2.33. The van der Waals surface area contributed by atoms with Gasteiger partial charge in [-0.25, -0.2) is 14.8 Å². The number of aryl methyl sites for hydroxylation is 2. The molecule has 0 saturated carbocycles. The molecule has 0 amide bonds. The van der Waals surface area contributed by atoms with Gasteiger partial charge in [-0.2, -0.15) is 0 Å². The second kappa shape index (κ2) is 8.99. The Hall–Kier alpha value is -2.71. The molecule has 7 nitrogen and oxygen atoms in total. The summed E-state index contributed by atoms with van der Waals surface area (Å²) in [5.74, 6) is 0.931. The summed E-state index contributed by atoms with van der Waals surface area (Å²) in [6.45, 7) is 6.32. The first-order chi connectivity index (χ1) is 13.5. The number of nitrogens with zero attached hydrogens (tertiary/aromatic N) is 2. The molecule has 2 aromatic heterocycles. The number of hydrogen-bond acceptors (Lipinski definition) is 8. The van der Waals surface area contributed by atoms with Gasteiger partial charge in [-0.15, -0.1) is 11.3 Å². The van der Waals surface area contributed by atoms with Gasteiger partial charge in [0.1, 0.15) is 40.3 Å². The third-order valence-electron chi connectivity index (χ3n) is 4.12. The van der Waals surface area contributed by atoms with Crippen molar-refractivity contribution in [3.8, 4) is 5.75 Å². The summed E-state index contributed by atoms with van der Waals surface area (Å²) >= 11 is 1.28. The molecule has 1 atom stereocenters. The van der Waals surface area contributed by atoms with Crippen LogP contribution >= 0.6 is 11.3 Å². The van der Waals surface area contributed by atoms with Gasteiger partial charge in [0, 0.05) is 6.54 Å². The van der Waals surface area contributed by atoms with E-state index in [0.717, 1.165) is 22.3 Å². The molecule has 0 spiro atoms. The van der Waals surface area contributed by atoms with Crippen LogP contribution in [0.4, 0.5) is 5.82 Å². The van der Waals surface area contributed by atoms with Crippen molar-refractivity contribution in [2.75, 3.05) is 25.1 Å². The molecular formula is C20H23N3O4S. The second-order valence-corrected chi connectivity index (χ2v) is 7.34. The van der Waals surface area contributed by atoms with Crippen LogP contribution in [0.25, 0.3) is 10.2 Å². The molecule has 2 N–H and O–H groups in total. The van der Waals surface area contributed by atoms with E-state index in [1.807, 2.05) is 38.1 Å². The molecule has 1 unspecified atom stereocenters. The summed E-state index contributed by atoms with van der Waals surface area (Å²) in [6.07, 6.45) is 0.708. The molecule has 0 bridgehead atoms. The fourth-order valence-corrected chi connectivity index (χ4v) is 3.81. The lowest BCUT2D eigenvalue weighted by Crippen LogP contribution is -2.26. The number of aliphatic hydroxyl groups is 1. The van der Waals surface area contributed by atoms with Crippen molar-refractivity contribution in [1.29, 1.82) is 0 Å². The molecule has 0 saturated heterocycles. The highest BCUT2D eigenvalue weighted by atomic mass is 32.1. The Morgan fingerprint density at radius 1 is 1.32 bits per heavy atom. The maximum Gasteiger partial charge on any atom is 0.348 e. The topological polar surface area (TPSA) is 93.6 Å². The Morgan fingerprint density at radius 3 is 2.89 bits per heavy atom. The zero-order chi connectivity index (χ0) is 20.1. The minimum Gasteiger partial charge on any atom is -0.491 e. The normalized spacial score (nSPS) is 12.0. The van der Waals surface area contributed by atoms with Crippen LogP contribution in [0.15, 0.2) is 30.6 Å². The molecule has 1 aromatic carbocycles. The highest BCUT2D eigenvalue weighted by Gasteiger charge is 2.20. The SMILES string of the molecule is CCOC(=O)c1sc2ncnc(NCC(O)COc3cccc(C)c3)c2c1C. The predicted octanol–water partition coefficient (Wildman–Crippen LogP) is 3.34. The van der Waals surface area contributed by atoms with E-state index in [4.69, 9.17) is 9.47 Å². The average molecular weight is 401 g/mol. The number of aromatic nitrogens is 2. The molecule has 3 aromatic rings. The Labute approximate surface area is 167 Å². The Bertz CT molecular complexity index is 973. The first-order valence-corrected chi connectivity index (χ1v) is 9.83. The van der Waals surface area contributed by atoms with Gasteiger partial charge in [-0.1, -0.05) is 12.1 Å². The van der Waals surface area contributed by atoms with Crippen molar-refractivity contribution in [3.63, 3.8) is 0 Å². The molecule has 28 heavy (non-hydrogen) atoms. The van der Waals surface area contributed by atoms with Crippen LogP contribution in [0.5, 0.6) is 5.75 Å². The molecule has 3 rings (SSSR count). The number of carbonyl (C=O) groups excluding carboxylic acids is 1. The van der Waals surface area contributed by atoms with Crippen LogP contribution in [0.3, 0.4) is 0 Å². The minimum atomic E-state index is -0.728. The smallest absolute Gasteiger partial charge is 0.348 e. The van der Waals surface area contributed by atoms with Gasteiger partial charge >= 0.3 is 5.97 Å². The van der Waals surface area contributed by atoms with Crippen LogP contribution in [-0.2, 0) is 4.74 Å². The van der Waals surface area contributed by atoms with E-state index in [2.05, 4.69) is 15.3 Å². The molecule has 2 heterocycles. The number of aliphatic hydroxyl groups excluding tert-OH is 1. The number of thiophene rings is 1. The van der Waals surface area contributed by atoms with E-state index in [0.29, 0.717) is 22.1 Å². The number of anilines is 1. The van der Waals surface area contributed by atoms with Gasteiger partial charge in [-0.05, 0) is 44.0 Å². The molecular weight excluding hydrogens is 378 g/mol. The zero-order valence-electron chi connectivity index (χ0n) is 16.1. The number of hydrogen-bond donors (Lipinski definition) is 2. The van der Waals surface area contributed by atoms with Crippen LogP contribution in [-0.4, -0.2) is 46.9 Å². The maximum atomic E-state index is 12.1. The number of fused-ring (bicyclic) bond motifs is 1. The van der Waals surface area contributed by atoms with Crippen LogP contribution in [0.1, 0.15) is 27.7 Å². The van der Waals surface area contributed by atoms with Crippen molar-refractivity contribution >= 4 is 33.3 Å². The van der Waals surface area contributed by atoms with Gasteiger partial charge in [-0.3, -0.25) is 0 Å². The molecule has 0 fully saturated rings. The summed E-state index contributed by atoms with van der Waals surface area (Å²) in [6, 6.07) is 7.67. The summed E-state index contributed by atoms with van der Waals surface area (Å²) < 4.78 is 10.7. The van der Waals surface area contributed by atoms with E-state index in [1.165, 1.54) is 17.7 Å². The third kappa shape index (κ3) is 4.58. The Morgan fingerprint density at radius 2 is 2.14 bits per heavy atom. The van der Waals surface area contributed by atoms with E-state index >= 15 is 0 Å². The van der Waals surface area contributed by atoms with Crippen molar-refractivity contribution in [1.82, 2.24) is 9.97 Å². The summed E-state index contributed by atoms with van der Waals surface area (Å²) in [7, 11) is 0. The van der Waals surface area contributed by atoms with Gasteiger partial charge in [0.05, 0.1) is 12.0 Å². The highest BCUT2D eigenvalue weighted by molar-refractivity contribution is 7.20. The number of nitrogens with one attached hydrogen (secondary N) is 1. The molecule has 8 heteroatoms. The van der Waals surface area contributed by atoms with Crippen LogP contribution in [0, 0.1) is 13.8 Å². The van der Waals surface area contributed by atoms with Crippen molar-refractivity contribution in [2.45, 2.75) is 26.9 Å². The maximum absolute atomic E-state index is 12.1. The van der Waals surface area contributed by atoms with E-state index in [9.17, 15) is 9.90 Å². The number of ether oxygens (including phenoxy) is 2. The number of rotatable bonds is 8. The first kappa shape index (κ1) is 20.0. The summed E-state index contributed by atoms with van der Waals surface area (Å²) in [4.78, 5) is 21.9. The predicted molar refractivity (Wildman–Crippen MR) is 109 cm³/mol. The standard InChI is InChI=1S/C20H23N3O4S/c1-4-26-20(25)17-13(3)16-18(22-11-23-19(16)28-17)21-9-14(24)10-27-15-7-5-6-12(2)8-15/h5-8,11,14,24H,4,9-10H2,1-3H3,(H,21,22,23). The Kier molecular flexibility index (Phi) is 6.43. The Balaban J connectivity index is 1.67. The number of esters is 1. The monoisotopic (exact) mass is 401 g/mol. The quantitative estimate of drug-likeness (QED) is 0.559. The lowest BCUT2D eigenvalue weighted by molar-refractivity contribution is 0.0531. The van der Waals surface area contributed by atoms with Crippen LogP contribution < -0.4 is 10.1 Å². The van der Waals surface area contributed by atoms with E-state index in [1.54, 1.807) is 6.92 Å². The largest absolute Gasteiger partial charge is 0.491 e. The fourth-order valence-electron chi connectivity index (χ4n) is 2.77. The zero-order valence-corrected chi connectivity index (χ0v) is 16.9. The van der Waals surface area contributed by atoms with Crippen molar-refractivity contribution < 1.29 is 19.4 Å². The average Bonchev–Trinajstić information content (AvgIpc) is 3.02. The van der Waals surface area contributed by atoms with Crippen molar-refractivity contribution in [2.24, 2.45) is 0 Å². The lowest BCUT2D eigenvalue weighted by atomic mass is 10.2. The molecule has 0 aliphatic heterocycles. The van der Waals surface area contributed by atoms with Gasteiger partial charge < -0.3 is 19.9 Å². The summed E-state index contributed by atoms with van der Waals surface area (Å²) in [5.41, 5.74) is 1.87. The first-order valence-electron chi connectivity index (χ1n) is 9.02. The second-order valence-electron chi connectivity index (χ2n) is 6.34. The fraction of sp³-hybridized carbons (Fsp3) is 0.350. The van der Waals surface area contributed by atoms with Gasteiger partial charge in [0.25, 0.3) is 0 Å². The van der Waals surface area contributed by atoms with E-state index < -0.39 is 6.10 Å². The third-order valence-corrected chi connectivity index (χ3v) is 5.30. The van der Waals surface area contributed by atoms with Crippen LogP contribution in [0.2, 0.25) is 0 Å². The molecule has 0 aliphatic carbocycles. The summed E-state index contributed by atoms with van der Waals surface area (Å²) in [5, 5.41) is 14.1. The van der Waals surface area contributed by atoms with E-state index in [-0.39, 0.29) is 19.1 Å². The number of benzene rings is 1. The van der Waals surface area contributed by atoms with Crippen molar-refractivity contribution in [3.05, 3.63) is 46.6 Å². The minimum absolute atomic E-state index is 0.154. The van der Waals surface area contributed by atoms with Gasteiger partial charge in [0.15, 0.2) is 0 Å². The number of carbonyl (C=O) groups is 1. The lowest BCUT2D eigenvalue weighted by Gasteiger charge is -2.14.